The molecule has 6 heteroatoms. The minimum Gasteiger partial charge on any atom is -0.365 e. The quantitative estimate of drug-likeness (QED) is 0.633. The standard InChI is InChI=1S/C8H9N5O/c14-8-12-6-5(9-3-10-6)7(13-8)11-4-1-2-4/h3-4H,1-2H2,(H3,9,10,11,12,13,14). The lowest BCUT2D eigenvalue weighted by Gasteiger charge is -2.02. The normalized spacial score (nSPS) is 16.0. The van der Waals surface area contributed by atoms with Gasteiger partial charge in [0.2, 0.25) is 0 Å². The average molecular weight is 191 g/mol. The van der Waals surface area contributed by atoms with Gasteiger partial charge in [0.25, 0.3) is 0 Å². The van der Waals surface area contributed by atoms with Crippen LogP contribution in [0.15, 0.2) is 11.1 Å². The van der Waals surface area contributed by atoms with Crippen molar-refractivity contribution in [2.24, 2.45) is 0 Å². The first-order valence-corrected chi connectivity index (χ1v) is 4.53. The average Bonchev–Trinajstić information content (AvgIpc) is 2.81. The Labute approximate surface area is 78.8 Å². The first kappa shape index (κ1) is 7.54. The number of imidazole rings is 1. The highest BCUT2D eigenvalue weighted by atomic mass is 16.1. The number of nitrogens with one attached hydrogen (secondary N) is 3. The van der Waals surface area contributed by atoms with Crippen LogP contribution in [0.1, 0.15) is 12.8 Å². The minimum absolute atomic E-state index is 0.368. The van der Waals surface area contributed by atoms with Gasteiger partial charge in [0.15, 0.2) is 11.5 Å². The second-order valence-electron chi connectivity index (χ2n) is 3.44. The van der Waals surface area contributed by atoms with E-state index in [0.717, 1.165) is 18.4 Å². The van der Waals surface area contributed by atoms with Crippen molar-refractivity contribution in [2.45, 2.75) is 18.9 Å². The van der Waals surface area contributed by atoms with Crippen molar-refractivity contribution in [1.82, 2.24) is 19.9 Å². The van der Waals surface area contributed by atoms with Crippen molar-refractivity contribution in [3.05, 3.63) is 16.8 Å². The largest absolute Gasteiger partial charge is 0.365 e. The zero-order chi connectivity index (χ0) is 9.54. The Morgan fingerprint density at radius 2 is 2.36 bits per heavy atom. The van der Waals surface area contributed by atoms with Crippen LogP contribution in [0.4, 0.5) is 5.82 Å². The summed E-state index contributed by atoms with van der Waals surface area (Å²) in [4.78, 5) is 24.5. The van der Waals surface area contributed by atoms with E-state index in [9.17, 15) is 4.79 Å². The van der Waals surface area contributed by atoms with Gasteiger partial charge in [-0.25, -0.2) is 9.78 Å². The van der Waals surface area contributed by atoms with E-state index in [2.05, 4.69) is 25.3 Å². The van der Waals surface area contributed by atoms with Crippen LogP contribution in [0, 0.1) is 0 Å². The Hall–Kier alpha value is -1.85. The fraction of sp³-hybridized carbons (Fsp3) is 0.375. The zero-order valence-corrected chi connectivity index (χ0v) is 7.37. The lowest BCUT2D eigenvalue weighted by Crippen LogP contribution is -2.15. The molecule has 3 rings (SSSR count). The molecule has 0 bridgehead atoms. The Morgan fingerprint density at radius 1 is 1.50 bits per heavy atom. The monoisotopic (exact) mass is 191 g/mol. The van der Waals surface area contributed by atoms with Gasteiger partial charge in [-0.05, 0) is 12.8 Å². The molecule has 2 aromatic heterocycles. The molecule has 2 heterocycles. The van der Waals surface area contributed by atoms with E-state index in [0.29, 0.717) is 17.5 Å². The number of H-pyrrole nitrogens is 2. The van der Waals surface area contributed by atoms with Gasteiger partial charge < -0.3 is 10.3 Å². The number of nitrogens with zero attached hydrogens (tertiary/aromatic N) is 2. The number of aromatic amines is 2. The summed E-state index contributed by atoms with van der Waals surface area (Å²) in [6.07, 6.45) is 3.83. The third kappa shape index (κ3) is 1.15. The van der Waals surface area contributed by atoms with E-state index in [1.807, 2.05) is 0 Å². The Balaban J connectivity index is 2.17. The molecular weight excluding hydrogens is 182 g/mol. The maximum absolute atomic E-state index is 11.1. The molecule has 1 aliphatic carbocycles. The molecule has 1 aliphatic rings. The molecule has 0 unspecified atom stereocenters. The second kappa shape index (κ2) is 2.57. The van der Waals surface area contributed by atoms with Crippen LogP contribution < -0.4 is 11.0 Å². The van der Waals surface area contributed by atoms with Gasteiger partial charge in [-0.3, -0.25) is 4.98 Å². The van der Waals surface area contributed by atoms with Crippen molar-refractivity contribution in [2.75, 3.05) is 5.32 Å². The van der Waals surface area contributed by atoms with Gasteiger partial charge in [0.1, 0.15) is 5.52 Å². The van der Waals surface area contributed by atoms with Crippen LogP contribution in [-0.4, -0.2) is 26.0 Å². The summed E-state index contributed by atoms with van der Waals surface area (Å²) in [5, 5.41) is 3.18. The van der Waals surface area contributed by atoms with Gasteiger partial charge in [0, 0.05) is 6.04 Å². The van der Waals surface area contributed by atoms with Crippen molar-refractivity contribution >= 4 is 17.0 Å². The van der Waals surface area contributed by atoms with Crippen LogP contribution >= 0.6 is 0 Å². The van der Waals surface area contributed by atoms with Gasteiger partial charge >= 0.3 is 5.69 Å². The second-order valence-corrected chi connectivity index (χ2v) is 3.44. The number of anilines is 1. The lowest BCUT2D eigenvalue weighted by atomic mass is 10.5. The maximum Gasteiger partial charge on any atom is 0.348 e. The molecule has 0 amide bonds. The molecule has 0 spiro atoms. The topological polar surface area (TPSA) is 86.5 Å². The smallest absolute Gasteiger partial charge is 0.348 e. The van der Waals surface area contributed by atoms with Gasteiger partial charge in [-0.2, -0.15) is 4.98 Å². The summed E-state index contributed by atoms with van der Waals surface area (Å²) < 4.78 is 0. The molecule has 1 fully saturated rings. The molecule has 0 saturated heterocycles. The number of rotatable bonds is 2. The highest BCUT2D eigenvalue weighted by Crippen LogP contribution is 2.25. The SMILES string of the molecule is O=c1nc(NC2CC2)c2[nH]cnc2[nH]1. The molecule has 0 atom stereocenters. The van der Waals surface area contributed by atoms with Crippen molar-refractivity contribution in [3.63, 3.8) is 0 Å². The molecule has 14 heavy (non-hydrogen) atoms. The first-order valence-electron chi connectivity index (χ1n) is 4.53. The highest BCUT2D eigenvalue weighted by Gasteiger charge is 2.22. The van der Waals surface area contributed by atoms with Crippen molar-refractivity contribution in [1.29, 1.82) is 0 Å². The fourth-order valence-corrected chi connectivity index (χ4v) is 1.38. The third-order valence-electron chi connectivity index (χ3n) is 2.23. The summed E-state index contributed by atoms with van der Waals surface area (Å²) in [5.74, 6) is 0.601. The third-order valence-corrected chi connectivity index (χ3v) is 2.23. The minimum atomic E-state index is -0.368. The van der Waals surface area contributed by atoms with E-state index in [1.54, 1.807) is 6.33 Å². The fourth-order valence-electron chi connectivity index (χ4n) is 1.38. The van der Waals surface area contributed by atoms with Crippen LogP contribution in [0.2, 0.25) is 0 Å². The van der Waals surface area contributed by atoms with Crippen molar-refractivity contribution < 1.29 is 0 Å². The molecule has 0 aromatic carbocycles. The van der Waals surface area contributed by atoms with Crippen LogP contribution in [0.5, 0.6) is 0 Å². The van der Waals surface area contributed by atoms with Crippen LogP contribution in [-0.2, 0) is 0 Å². The molecule has 0 radical (unpaired) electrons. The molecule has 1 saturated carbocycles. The Bertz CT molecular complexity index is 524. The first-order chi connectivity index (χ1) is 6.83. The Morgan fingerprint density at radius 3 is 3.14 bits per heavy atom. The zero-order valence-electron chi connectivity index (χ0n) is 7.37. The van der Waals surface area contributed by atoms with E-state index >= 15 is 0 Å². The summed E-state index contributed by atoms with van der Waals surface area (Å²) in [5.41, 5.74) is 0.942. The predicted octanol–water partition coefficient (Wildman–Crippen LogP) is 0.221. The number of hydrogen-bond acceptors (Lipinski definition) is 4. The van der Waals surface area contributed by atoms with Crippen LogP contribution in [0.25, 0.3) is 11.2 Å². The number of hydrogen-bond donors (Lipinski definition) is 3. The maximum atomic E-state index is 11.1. The van der Waals surface area contributed by atoms with Gasteiger partial charge in [0.05, 0.1) is 6.33 Å². The molecule has 0 aliphatic heterocycles. The van der Waals surface area contributed by atoms with Gasteiger partial charge in [-0.1, -0.05) is 0 Å². The summed E-state index contributed by atoms with van der Waals surface area (Å²) in [6.45, 7) is 0. The summed E-state index contributed by atoms with van der Waals surface area (Å²) in [7, 11) is 0. The predicted molar refractivity (Wildman–Crippen MR) is 51.2 cm³/mol. The number of aromatic nitrogens is 4. The van der Waals surface area contributed by atoms with Crippen molar-refractivity contribution in [3.8, 4) is 0 Å². The molecule has 72 valence electrons. The summed E-state index contributed by atoms with van der Waals surface area (Å²) in [6, 6.07) is 0.468. The van der Waals surface area contributed by atoms with Gasteiger partial charge in [-0.15, -0.1) is 0 Å². The number of fused-ring (bicyclic) bond motifs is 1. The van der Waals surface area contributed by atoms with E-state index < -0.39 is 0 Å². The molecule has 3 N–H and O–H groups in total. The molecule has 6 nitrogen and oxygen atoms in total. The van der Waals surface area contributed by atoms with E-state index in [4.69, 9.17) is 0 Å². The lowest BCUT2D eigenvalue weighted by molar-refractivity contribution is 1.06. The highest BCUT2D eigenvalue weighted by molar-refractivity contribution is 5.82. The molecular formula is C8H9N5O. The summed E-state index contributed by atoms with van der Waals surface area (Å²) >= 11 is 0. The van der Waals surface area contributed by atoms with Crippen LogP contribution in [0.3, 0.4) is 0 Å². The van der Waals surface area contributed by atoms with E-state index in [1.165, 1.54) is 0 Å². The molecule has 2 aromatic rings. The van der Waals surface area contributed by atoms with E-state index in [-0.39, 0.29) is 5.69 Å². The Kier molecular flexibility index (Phi) is 1.38.